The summed E-state index contributed by atoms with van der Waals surface area (Å²) in [7, 11) is 0. The lowest BCUT2D eigenvalue weighted by molar-refractivity contribution is 0.798. The van der Waals surface area contributed by atoms with E-state index in [0.717, 1.165) is 10.7 Å². The minimum Gasteiger partial charge on any atom is -0.267 e. The van der Waals surface area contributed by atoms with E-state index in [1.54, 1.807) is 12.1 Å². The largest absolute Gasteiger partial charge is 0.273 e. The van der Waals surface area contributed by atoms with Gasteiger partial charge in [0.25, 0.3) is 5.56 Å². The molecule has 0 atom stereocenters. The van der Waals surface area contributed by atoms with Crippen LogP contribution in [0.3, 0.4) is 0 Å². The zero-order valence-electron chi connectivity index (χ0n) is 8.69. The van der Waals surface area contributed by atoms with E-state index in [-0.39, 0.29) is 15.7 Å². The summed E-state index contributed by atoms with van der Waals surface area (Å²) in [5.41, 5.74) is -0.204. The van der Waals surface area contributed by atoms with Gasteiger partial charge in [0.2, 0.25) is 0 Å². The van der Waals surface area contributed by atoms with Crippen molar-refractivity contribution in [3.05, 3.63) is 55.4 Å². The Kier molecular flexibility index (Phi) is 3.58. The summed E-state index contributed by atoms with van der Waals surface area (Å²) in [4.78, 5) is 11.8. The Labute approximate surface area is 117 Å². The molecule has 0 aliphatic heterocycles. The number of hydrogen-bond donors (Lipinski definition) is 0. The van der Waals surface area contributed by atoms with Gasteiger partial charge in [0.05, 0.1) is 15.7 Å². The van der Waals surface area contributed by atoms with Crippen LogP contribution in [0, 0.1) is 11.3 Å². The van der Waals surface area contributed by atoms with Crippen LogP contribution in [0.25, 0.3) is 5.69 Å². The van der Waals surface area contributed by atoms with Gasteiger partial charge in [-0.1, -0.05) is 34.8 Å². The molecule has 7 heteroatoms. The normalized spacial score (nSPS) is 10.1. The molecule has 4 nitrogen and oxygen atoms in total. The van der Waals surface area contributed by atoms with Crippen molar-refractivity contribution in [2.24, 2.45) is 0 Å². The van der Waals surface area contributed by atoms with Crippen LogP contribution in [0.1, 0.15) is 5.69 Å². The summed E-state index contributed by atoms with van der Waals surface area (Å²) < 4.78 is 1.00. The summed E-state index contributed by atoms with van der Waals surface area (Å²) in [5.74, 6) is 0. The Hall–Kier alpha value is -1.54. The van der Waals surface area contributed by atoms with E-state index >= 15 is 0 Å². The molecule has 1 aromatic heterocycles. The number of halogens is 3. The molecule has 2 aromatic rings. The highest BCUT2D eigenvalue weighted by Crippen LogP contribution is 2.23. The molecule has 2 rings (SSSR count). The number of rotatable bonds is 1. The summed E-state index contributed by atoms with van der Waals surface area (Å²) in [6.07, 6.45) is 0. The Morgan fingerprint density at radius 1 is 1.17 bits per heavy atom. The molecule has 0 radical (unpaired) electrons. The van der Waals surface area contributed by atoms with E-state index < -0.39 is 5.56 Å². The maximum atomic E-state index is 11.8. The summed E-state index contributed by atoms with van der Waals surface area (Å²) >= 11 is 17.4. The fraction of sp³-hybridized carbons (Fsp3) is 0. The van der Waals surface area contributed by atoms with Gasteiger partial charge < -0.3 is 0 Å². The fourth-order valence-corrected chi connectivity index (χ4v) is 2.00. The predicted octanol–water partition coefficient (Wildman–Crippen LogP) is 3.06. The number of benzene rings is 1. The van der Waals surface area contributed by atoms with Crippen molar-refractivity contribution in [1.29, 1.82) is 5.26 Å². The highest BCUT2D eigenvalue weighted by Gasteiger charge is 2.11. The lowest BCUT2D eigenvalue weighted by Gasteiger charge is -2.07. The molecule has 0 N–H and O–H groups in total. The van der Waals surface area contributed by atoms with Gasteiger partial charge >= 0.3 is 0 Å². The van der Waals surface area contributed by atoms with Crippen molar-refractivity contribution in [2.45, 2.75) is 0 Å². The summed E-state index contributed by atoms with van der Waals surface area (Å²) in [6.45, 7) is 0. The Morgan fingerprint density at radius 2 is 1.89 bits per heavy atom. The SMILES string of the molecule is N#Cc1nn(-c2ccc(Cl)cc2Cl)c(=O)cc1Cl. The summed E-state index contributed by atoms with van der Waals surface area (Å²) in [5, 5.41) is 13.4. The van der Waals surface area contributed by atoms with Crippen molar-refractivity contribution in [3.63, 3.8) is 0 Å². The van der Waals surface area contributed by atoms with Gasteiger partial charge in [-0.15, -0.1) is 0 Å². The van der Waals surface area contributed by atoms with Gasteiger partial charge in [-0.2, -0.15) is 15.0 Å². The molecule has 18 heavy (non-hydrogen) atoms. The van der Waals surface area contributed by atoms with Crippen molar-refractivity contribution in [1.82, 2.24) is 9.78 Å². The second-order valence-electron chi connectivity index (χ2n) is 3.30. The second-order valence-corrected chi connectivity index (χ2v) is 4.55. The molecule has 0 bridgehead atoms. The molecular formula is C11H4Cl3N3O. The van der Waals surface area contributed by atoms with Crippen LogP contribution in [0.15, 0.2) is 29.1 Å². The third kappa shape index (κ3) is 2.34. The van der Waals surface area contributed by atoms with E-state index in [4.69, 9.17) is 40.1 Å². The second kappa shape index (κ2) is 4.99. The van der Waals surface area contributed by atoms with Gasteiger partial charge in [0.15, 0.2) is 5.69 Å². The molecule has 0 fully saturated rings. The van der Waals surface area contributed by atoms with E-state index in [1.807, 2.05) is 0 Å². The van der Waals surface area contributed by atoms with Crippen LogP contribution in [0.5, 0.6) is 0 Å². The van der Waals surface area contributed by atoms with Gasteiger partial charge in [0.1, 0.15) is 6.07 Å². The topological polar surface area (TPSA) is 58.7 Å². The number of nitriles is 1. The molecule has 0 saturated heterocycles. The van der Waals surface area contributed by atoms with E-state index in [9.17, 15) is 4.79 Å². The van der Waals surface area contributed by atoms with E-state index in [2.05, 4.69) is 5.10 Å². The highest BCUT2D eigenvalue weighted by molar-refractivity contribution is 6.35. The summed E-state index contributed by atoms with van der Waals surface area (Å²) in [6, 6.07) is 7.48. The molecule has 90 valence electrons. The predicted molar refractivity (Wildman–Crippen MR) is 69.6 cm³/mol. The average Bonchev–Trinajstić information content (AvgIpc) is 2.30. The third-order valence-electron chi connectivity index (χ3n) is 2.13. The molecular weight excluding hydrogens is 296 g/mol. The van der Waals surface area contributed by atoms with Crippen LogP contribution in [0.4, 0.5) is 0 Å². The van der Waals surface area contributed by atoms with Gasteiger partial charge in [-0.25, -0.2) is 0 Å². The molecule has 0 amide bonds. The zero-order chi connectivity index (χ0) is 13.3. The Bertz CT molecular complexity index is 718. The number of aromatic nitrogens is 2. The lowest BCUT2D eigenvalue weighted by Crippen LogP contribution is -2.21. The smallest absolute Gasteiger partial charge is 0.267 e. The Morgan fingerprint density at radius 3 is 2.50 bits per heavy atom. The number of hydrogen-bond acceptors (Lipinski definition) is 3. The maximum Gasteiger partial charge on any atom is 0.273 e. The van der Waals surface area contributed by atoms with E-state index in [0.29, 0.717) is 10.7 Å². The average molecular weight is 301 g/mol. The van der Waals surface area contributed by atoms with Gasteiger partial charge in [-0.05, 0) is 18.2 Å². The zero-order valence-corrected chi connectivity index (χ0v) is 11.0. The molecule has 0 spiro atoms. The maximum absolute atomic E-state index is 11.8. The monoisotopic (exact) mass is 299 g/mol. The van der Waals surface area contributed by atoms with Crippen molar-refractivity contribution >= 4 is 34.8 Å². The first kappa shape index (κ1) is 12.9. The van der Waals surface area contributed by atoms with Gasteiger partial charge in [0, 0.05) is 11.1 Å². The van der Waals surface area contributed by atoms with Crippen molar-refractivity contribution < 1.29 is 0 Å². The van der Waals surface area contributed by atoms with Crippen LogP contribution >= 0.6 is 34.8 Å². The minimum atomic E-state index is -0.483. The van der Waals surface area contributed by atoms with Crippen LogP contribution in [0.2, 0.25) is 15.1 Å². The lowest BCUT2D eigenvalue weighted by atomic mass is 10.3. The quantitative estimate of drug-likeness (QED) is 0.813. The molecule has 1 heterocycles. The Balaban J connectivity index is 2.72. The molecule has 0 unspecified atom stereocenters. The van der Waals surface area contributed by atoms with Crippen LogP contribution in [-0.4, -0.2) is 9.78 Å². The molecule has 1 aromatic carbocycles. The third-order valence-corrected chi connectivity index (χ3v) is 2.95. The first-order chi connectivity index (χ1) is 8.52. The van der Waals surface area contributed by atoms with Crippen LogP contribution < -0.4 is 5.56 Å². The number of nitrogens with zero attached hydrogens (tertiary/aromatic N) is 3. The van der Waals surface area contributed by atoms with Crippen molar-refractivity contribution in [2.75, 3.05) is 0 Å². The fourth-order valence-electron chi connectivity index (χ4n) is 1.34. The van der Waals surface area contributed by atoms with Crippen LogP contribution in [-0.2, 0) is 0 Å². The van der Waals surface area contributed by atoms with E-state index in [1.165, 1.54) is 12.1 Å². The standard InChI is InChI=1S/C11H4Cl3N3O/c12-6-1-2-10(8(14)3-6)17-11(18)4-7(13)9(5-15)16-17/h1-4H. The molecule has 0 aliphatic rings. The molecule has 0 saturated carbocycles. The van der Waals surface area contributed by atoms with Crippen molar-refractivity contribution in [3.8, 4) is 11.8 Å². The van der Waals surface area contributed by atoms with Gasteiger partial charge in [-0.3, -0.25) is 4.79 Å². The first-order valence-electron chi connectivity index (χ1n) is 4.68. The highest BCUT2D eigenvalue weighted by atomic mass is 35.5. The molecule has 0 aliphatic carbocycles. The first-order valence-corrected chi connectivity index (χ1v) is 5.81. The minimum absolute atomic E-state index is 0.00355.